The highest BCUT2D eigenvalue weighted by Crippen LogP contribution is 2.31. The number of rotatable bonds is 8. The summed E-state index contributed by atoms with van der Waals surface area (Å²) in [5, 5.41) is 0. The highest BCUT2D eigenvalue weighted by Gasteiger charge is 2.58. The first-order valence-electron chi connectivity index (χ1n) is 10.4. The second-order valence-electron chi connectivity index (χ2n) is 9.98. The maximum atomic E-state index is 12.8. The van der Waals surface area contributed by atoms with Crippen molar-refractivity contribution in [3.8, 4) is 0 Å². The number of carbonyl (C=O) groups is 2. The lowest BCUT2D eigenvalue weighted by molar-refractivity contribution is -0.219. The fraction of sp³-hybridized carbons (Fsp3) is 0.583. The van der Waals surface area contributed by atoms with Crippen molar-refractivity contribution >= 4 is 11.9 Å². The molecule has 6 nitrogen and oxygen atoms in total. The molecule has 30 heavy (non-hydrogen) atoms. The predicted molar refractivity (Wildman–Crippen MR) is 113 cm³/mol. The third-order valence-corrected chi connectivity index (χ3v) is 4.56. The molecule has 1 aliphatic heterocycles. The van der Waals surface area contributed by atoms with Crippen molar-refractivity contribution in [2.75, 3.05) is 13.2 Å². The Morgan fingerprint density at radius 1 is 0.867 bits per heavy atom. The summed E-state index contributed by atoms with van der Waals surface area (Å²) in [6, 6.07) is 9.56. The van der Waals surface area contributed by atoms with Gasteiger partial charge in [0.15, 0.2) is 0 Å². The zero-order valence-corrected chi connectivity index (χ0v) is 18.9. The first-order chi connectivity index (χ1) is 13.9. The molecule has 0 fully saturated rings. The van der Waals surface area contributed by atoms with Crippen LogP contribution >= 0.6 is 0 Å². The normalized spacial score (nSPS) is 15.6. The number of hydrogen-bond donors (Lipinski definition) is 0. The lowest BCUT2D eigenvalue weighted by Crippen LogP contribution is -2.50. The Labute approximate surface area is 179 Å². The number of hydrogen-bond acceptors (Lipinski definition) is 6. The second-order valence-corrected chi connectivity index (χ2v) is 9.98. The van der Waals surface area contributed by atoms with Gasteiger partial charge >= 0.3 is 17.7 Å². The van der Waals surface area contributed by atoms with E-state index in [-0.39, 0.29) is 24.0 Å². The molecule has 1 aromatic carbocycles. The van der Waals surface area contributed by atoms with Crippen LogP contribution in [0.5, 0.6) is 0 Å². The van der Waals surface area contributed by atoms with Crippen molar-refractivity contribution < 1.29 is 28.5 Å². The maximum Gasteiger partial charge on any atom is 0.452 e. The third kappa shape index (κ3) is 7.08. The standard InChI is InChI=1S/C24H34O6/c1-22(2,3)12-14-27-20(25)24(21(26)28-15-13-23(4,5)6)29-17-19(30-24)16-18-10-8-7-9-11-18/h7-11,17H,12-16H2,1-6H3. The second kappa shape index (κ2) is 9.54. The Bertz CT molecular complexity index is 720. The van der Waals surface area contributed by atoms with Gasteiger partial charge in [-0.3, -0.25) is 0 Å². The van der Waals surface area contributed by atoms with Crippen LogP contribution in [0.3, 0.4) is 0 Å². The van der Waals surface area contributed by atoms with Crippen LogP contribution in [0.1, 0.15) is 59.9 Å². The van der Waals surface area contributed by atoms with Gasteiger partial charge in [0.05, 0.1) is 13.2 Å². The number of esters is 2. The van der Waals surface area contributed by atoms with Gasteiger partial charge in [0.25, 0.3) is 0 Å². The van der Waals surface area contributed by atoms with Gasteiger partial charge < -0.3 is 18.9 Å². The van der Waals surface area contributed by atoms with E-state index in [1.165, 1.54) is 6.26 Å². The Morgan fingerprint density at radius 2 is 1.37 bits per heavy atom. The summed E-state index contributed by atoms with van der Waals surface area (Å²) < 4.78 is 21.9. The lowest BCUT2D eigenvalue weighted by Gasteiger charge is -2.26. The van der Waals surface area contributed by atoms with E-state index in [2.05, 4.69) is 0 Å². The van der Waals surface area contributed by atoms with Crippen LogP contribution in [0.2, 0.25) is 0 Å². The van der Waals surface area contributed by atoms with Crippen molar-refractivity contribution in [1.82, 2.24) is 0 Å². The quantitative estimate of drug-likeness (QED) is 0.447. The van der Waals surface area contributed by atoms with Crippen LogP contribution < -0.4 is 0 Å². The maximum absolute atomic E-state index is 12.8. The Balaban J connectivity index is 2.08. The molecule has 0 unspecified atom stereocenters. The number of allylic oxidation sites excluding steroid dienone is 1. The van der Waals surface area contributed by atoms with E-state index in [0.717, 1.165) is 5.56 Å². The molecule has 0 saturated heterocycles. The van der Waals surface area contributed by atoms with Crippen LogP contribution in [0, 0.1) is 10.8 Å². The van der Waals surface area contributed by atoms with E-state index in [4.69, 9.17) is 18.9 Å². The summed E-state index contributed by atoms with van der Waals surface area (Å²) in [7, 11) is 0. The summed E-state index contributed by atoms with van der Waals surface area (Å²) in [4.78, 5) is 25.7. The smallest absolute Gasteiger partial charge is 0.452 e. The van der Waals surface area contributed by atoms with Gasteiger partial charge in [-0.05, 0) is 29.2 Å². The van der Waals surface area contributed by atoms with Gasteiger partial charge in [0, 0.05) is 6.42 Å². The first kappa shape index (κ1) is 23.8. The molecule has 1 aromatic rings. The van der Waals surface area contributed by atoms with Crippen LogP contribution in [0.15, 0.2) is 42.4 Å². The fourth-order valence-electron chi connectivity index (χ4n) is 2.61. The van der Waals surface area contributed by atoms with Gasteiger partial charge in [-0.1, -0.05) is 71.9 Å². The molecule has 0 aliphatic carbocycles. The number of benzene rings is 1. The molecule has 0 amide bonds. The molecule has 166 valence electrons. The van der Waals surface area contributed by atoms with Crippen molar-refractivity contribution in [2.24, 2.45) is 10.8 Å². The summed E-state index contributed by atoms with van der Waals surface area (Å²) >= 11 is 0. The van der Waals surface area contributed by atoms with Gasteiger partial charge in [-0.15, -0.1) is 0 Å². The molecule has 0 bridgehead atoms. The van der Waals surface area contributed by atoms with E-state index >= 15 is 0 Å². The van der Waals surface area contributed by atoms with Gasteiger partial charge in [-0.2, -0.15) is 0 Å². The molecule has 1 heterocycles. The molecule has 0 spiro atoms. The number of carbonyl (C=O) groups excluding carboxylic acids is 2. The Kier molecular flexibility index (Phi) is 7.56. The van der Waals surface area contributed by atoms with Gasteiger partial charge in [-0.25, -0.2) is 9.59 Å². The predicted octanol–water partition coefficient (Wildman–Crippen LogP) is 4.77. The molecule has 1 aliphatic rings. The summed E-state index contributed by atoms with van der Waals surface area (Å²) in [6.45, 7) is 12.6. The van der Waals surface area contributed by atoms with E-state index in [0.29, 0.717) is 25.0 Å². The Morgan fingerprint density at radius 3 is 1.83 bits per heavy atom. The SMILES string of the molecule is CC(C)(C)CCOC(=O)C1(C(=O)OCCC(C)(C)C)OC=C(Cc2ccccc2)O1. The van der Waals surface area contributed by atoms with Gasteiger partial charge in [0.1, 0.15) is 12.0 Å². The lowest BCUT2D eigenvalue weighted by atomic mass is 9.93. The highest BCUT2D eigenvalue weighted by atomic mass is 16.8. The van der Waals surface area contributed by atoms with Crippen molar-refractivity contribution in [1.29, 1.82) is 0 Å². The van der Waals surface area contributed by atoms with Crippen molar-refractivity contribution in [2.45, 2.75) is 66.6 Å². The Hall–Kier alpha value is -2.50. The third-order valence-electron chi connectivity index (χ3n) is 4.56. The fourth-order valence-corrected chi connectivity index (χ4v) is 2.61. The largest absolute Gasteiger partial charge is 0.459 e. The topological polar surface area (TPSA) is 71.1 Å². The van der Waals surface area contributed by atoms with Crippen molar-refractivity contribution in [3.05, 3.63) is 47.9 Å². The molecule has 0 saturated carbocycles. The molecule has 0 radical (unpaired) electrons. The van der Waals surface area contributed by atoms with Crippen molar-refractivity contribution in [3.63, 3.8) is 0 Å². The molecule has 0 N–H and O–H groups in total. The van der Waals surface area contributed by atoms with E-state index in [9.17, 15) is 9.59 Å². The molecule has 2 rings (SSSR count). The highest BCUT2D eigenvalue weighted by molar-refractivity contribution is 6.02. The summed E-state index contributed by atoms with van der Waals surface area (Å²) in [5.41, 5.74) is 0.925. The summed E-state index contributed by atoms with van der Waals surface area (Å²) in [6.07, 6.45) is 2.95. The zero-order chi connectivity index (χ0) is 22.4. The average molecular weight is 419 g/mol. The summed E-state index contributed by atoms with van der Waals surface area (Å²) in [5.74, 6) is -3.68. The van der Waals surface area contributed by atoms with E-state index in [1.807, 2.05) is 71.9 Å². The molecule has 0 aromatic heterocycles. The van der Waals surface area contributed by atoms with E-state index < -0.39 is 17.7 Å². The van der Waals surface area contributed by atoms with Crippen LogP contribution in [-0.2, 0) is 35.0 Å². The van der Waals surface area contributed by atoms with Gasteiger partial charge in [0.2, 0.25) is 0 Å². The minimum Gasteiger partial charge on any atom is -0.459 e. The zero-order valence-electron chi connectivity index (χ0n) is 18.9. The molecule has 0 atom stereocenters. The van der Waals surface area contributed by atoms with Crippen LogP contribution in [0.25, 0.3) is 0 Å². The molecular formula is C24H34O6. The number of ether oxygens (including phenoxy) is 4. The average Bonchev–Trinajstić information content (AvgIpc) is 3.05. The van der Waals surface area contributed by atoms with Crippen LogP contribution in [0.4, 0.5) is 0 Å². The molecular weight excluding hydrogens is 384 g/mol. The van der Waals surface area contributed by atoms with Crippen LogP contribution in [-0.4, -0.2) is 30.9 Å². The monoisotopic (exact) mass is 418 g/mol. The molecule has 6 heteroatoms. The minimum atomic E-state index is -2.25. The minimum absolute atomic E-state index is 0.0191. The first-order valence-corrected chi connectivity index (χ1v) is 10.4. The van der Waals surface area contributed by atoms with E-state index in [1.54, 1.807) is 0 Å².